The second-order valence-corrected chi connectivity index (χ2v) is 6.02. The Kier molecular flexibility index (Phi) is 4.25. The van der Waals surface area contributed by atoms with E-state index >= 15 is 0 Å². The van der Waals surface area contributed by atoms with Gasteiger partial charge >= 0.3 is 0 Å². The first-order chi connectivity index (χ1) is 12.7. The number of anilines is 1. The molecule has 0 spiro atoms. The fourth-order valence-electron chi connectivity index (χ4n) is 2.87. The quantitative estimate of drug-likeness (QED) is 0.557. The highest BCUT2D eigenvalue weighted by atomic mass is 16.4. The molecule has 0 fully saturated rings. The molecule has 0 saturated carbocycles. The molecule has 0 bridgehead atoms. The molecule has 4 nitrogen and oxygen atoms in total. The number of fused-ring (bicyclic) bond motifs is 1. The third kappa shape index (κ3) is 3.23. The van der Waals surface area contributed by atoms with E-state index in [9.17, 15) is 4.79 Å². The summed E-state index contributed by atoms with van der Waals surface area (Å²) in [7, 11) is 0. The number of rotatable bonds is 4. The van der Waals surface area contributed by atoms with Crippen LogP contribution in [0.25, 0.3) is 22.1 Å². The summed E-state index contributed by atoms with van der Waals surface area (Å²) in [4.78, 5) is 12.5. The Labute approximate surface area is 150 Å². The van der Waals surface area contributed by atoms with E-state index < -0.39 is 0 Å². The smallest absolute Gasteiger partial charge is 0.255 e. The topological polar surface area (TPSA) is 62.5 Å². The Morgan fingerprint density at radius 1 is 0.885 bits per heavy atom. The molecule has 1 amide bonds. The molecule has 0 atom stereocenters. The zero-order valence-corrected chi connectivity index (χ0v) is 14.0. The van der Waals surface area contributed by atoms with Gasteiger partial charge in [0.2, 0.25) is 0 Å². The molecule has 2 N–H and O–H groups in total. The normalized spacial score (nSPS) is 10.8. The number of nitrogens with one attached hydrogen (secondary N) is 1. The summed E-state index contributed by atoms with van der Waals surface area (Å²) in [5.41, 5.74) is 2.21. The van der Waals surface area contributed by atoms with Crippen molar-refractivity contribution in [3.63, 3.8) is 0 Å². The number of hydrogen-bond donors (Lipinski definition) is 2. The standard InChI is InChI=1S/C22H17NO3/c24-14-20-11-12-21(26-20)16-7-9-19(10-8-16)23-22(25)18-6-5-15-3-1-2-4-17(15)13-18/h1-13,24H,14H2,(H,23,25). The van der Waals surface area contributed by atoms with Crippen molar-refractivity contribution in [1.82, 2.24) is 0 Å². The first-order valence-corrected chi connectivity index (χ1v) is 8.33. The highest BCUT2D eigenvalue weighted by molar-refractivity contribution is 6.06. The van der Waals surface area contributed by atoms with Gasteiger partial charge in [-0.25, -0.2) is 0 Å². The number of carbonyl (C=O) groups is 1. The average molecular weight is 343 g/mol. The number of carbonyl (C=O) groups excluding carboxylic acids is 1. The Morgan fingerprint density at radius 3 is 2.38 bits per heavy atom. The van der Waals surface area contributed by atoms with E-state index in [-0.39, 0.29) is 12.5 Å². The first kappa shape index (κ1) is 16.1. The SMILES string of the molecule is O=C(Nc1ccc(-c2ccc(CO)o2)cc1)c1ccc2ccccc2c1. The van der Waals surface area contributed by atoms with Gasteiger partial charge in [-0.05, 0) is 59.3 Å². The van der Waals surface area contributed by atoms with Crippen LogP contribution in [0.1, 0.15) is 16.1 Å². The molecule has 0 saturated heterocycles. The van der Waals surface area contributed by atoms with Crippen LogP contribution in [0.4, 0.5) is 5.69 Å². The predicted molar refractivity (Wildman–Crippen MR) is 102 cm³/mol. The average Bonchev–Trinajstić information content (AvgIpc) is 3.17. The van der Waals surface area contributed by atoms with Crippen LogP contribution >= 0.6 is 0 Å². The molecule has 128 valence electrons. The summed E-state index contributed by atoms with van der Waals surface area (Å²) in [6, 6.07) is 24.6. The maximum Gasteiger partial charge on any atom is 0.255 e. The number of aliphatic hydroxyl groups excluding tert-OH is 1. The first-order valence-electron chi connectivity index (χ1n) is 8.33. The minimum absolute atomic E-state index is 0.125. The minimum Gasteiger partial charge on any atom is -0.459 e. The Balaban J connectivity index is 1.51. The largest absolute Gasteiger partial charge is 0.459 e. The second-order valence-electron chi connectivity index (χ2n) is 6.02. The number of hydrogen-bond acceptors (Lipinski definition) is 3. The van der Waals surface area contributed by atoms with Crippen LogP contribution in [0.5, 0.6) is 0 Å². The highest BCUT2D eigenvalue weighted by Gasteiger charge is 2.08. The third-order valence-corrected chi connectivity index (χ3v) is 4.26. The van der Waals surface area contributed by atoms with Crippen molar-refractivity contribution in [1.29, 1.82) is 0 Å². The summed E-state index contributed by atoms with van der Waals surface area (Å²) in [5, 5.41) is 14.1. The molecule has 4 rings (SSSR count). The molecule has 0 aliphatic carbocycles. The van der Waals surface area contributed by atoms with Crippen molar-refractivity contribution in [2.75, 3.05) is 5.32 Å². The van der Waals surface area contributed by atoms with Crippen molar-refractivity contribution in [3.8, 4) is 11.3 Å². The molecule has 0 radical (unpaired) electrons. The highest BCUT2D eigenvalue weighted by Crippen LogP contribution is 2.24. The molecule has 26 heavy (non-hydrogen) atoms. The van der Waals surface area contributed by atoms with E-state index in [1.54, 1.807) is 6.07 Å². The van der Waals surface area contributed by atoms with Crippen molar-refractivity contribution in [2.45, 2.75) is 6.61 Å². The number of furan rings is 1. The van der Waals surface area contributed by atoms with Crippen LogP contribution < -0.4 is 5.32 Å². The van der Waals surface area contributed by atoms with E-state index in [4.69, 9.17) is 9.52 Å². The Morgan fingerprint density at radius 2 is 1.65 bits per heavy atom. The lowest BCUT2D eigenvalue weighted by Crippen LogP contribution is -2.11. The van der Waals surface area contributed by atoms with Gasteiger partial charge in [0.1, 0.15) is 18.1 Å². The van der Waals surface area contributed by atoms with E-state index in [1.165, 1.54) is 0 Å². The fraction of sp³-hybridized carbons (Fsp3) is 0.0455. The van der Waals surface area contributed by atoms with Gasteiger partial charge in [0, 0.05) is 16.8 Å². The maximum absolute atomic E-state index is 12.5. The van der Waals surface area contributed by atoms with Crippen molar-refractivity contribution >= 4 is 22.4 Å². The summed E-state index contributed by atoms with van der Waals surface area (Å²) < 4.78 is 5.51. The number of aliphatic hydroxyl groups is 1. The molecule has 4 heteroatoms. The molecular weight excluding hydrogens is 326 g/mol. The van der Waals surface area contributed by atoms with E-state index in [0.717, 1.165) is 16.3 Å². The lowest BCUT2D eigenvalue weighted by atomic mass is 10.1. The lowest BCUT2D eigenvalue weighted by molar-refractivity contribution is 0.102. The monoisotopic (exact) mass is 343 g/mol. The van der Waals surface area contributed by atoms with Gasteiger partial charge in [0.05, 0.1) is 0 Å². The van der Waals surface area contributed by atoms with Crippen molar-refractivity contribution in [2.24, 2.45) is 0 Å². The van der Waals surface area contributed by atoms with Gasteiger partial charge in [0.15, 0.2) is 0 Å². The minimum atomic E-state index is -0.149. The zero-order valence-electron chi connectivity index (χ0n) is 14.0. The molecule has 1 aromatic heterocycles. The second kappa shape index (κ2) is 6.86. The predicted octanol–water partition coefficient (Wildman–Crippen LogP) is 4.84. The molecule has 4 aromatic rings. The summed E-state index contributed by atoms with van der Waals surface area (Å²) in [5.74, 6) is 1.05. The lowest BCUT2D eigenvalue weighted by Gasteiger charge is -2.07. The van der Waals surface area contributed by atoms with Gasteiger partial charge in [0.25, 0.3) is 5.91 Å². The number of amides is 1. The molecule has 0 aliphatic rings. The van der Waals surface area contributed by atoms with Crippen molar-refractivity contribution in [3.05, 3.63) is 90.2 Å². The van der Waals surface area contributed by atoms with Gasteiger partial charge in [-0.3, -0.25) is 4.79 Å². The number of benzene rings is 3. The van der Waals surface area contributed by atoms with E-state index in [2.05, 4.69) is 5.32 Å². The van der Waals surface area contributed by atoms with E-state index in [0.29, 0.717) is 22.8 Å². The van der Waals surface area contributed by atoms with E-state index in [1.807, 2.05) is 72.8 Å². The zero-order chi connectivity index (χ0) is 17.9. The third-order valence-electron chi connectivity index (χ3n) is 4.26. The molecule has 0 unspecified atom stereocenters. The van der Waals surface area contributed by atoms with Crippen LogP contribution in [-0.2, 0) is 6.61 Å². The van der Waals surface area contributed by atoms with Gasteiger partial charge in [-0.2, -0.15) is 0 Å². The van der Waals surface area contributed by atoms with Gasteiger partial charge in [-0.1, -0.05) is 30.3 Å². The summed E-state index contributed by atoms with van der Waals surface area (Å²) >= 11 is 0. The fourth-order valence-corrected chi connectivity index (χ4v) is 2.87. The van der Waals surface area contributed by atoms with Gasteiger partial charge in [-0.15, -0.1) is 0 Å². The molecule has 1 heterocycles. The van der Waals surface area contributed by atoms with Crippen molar-refractivity contribution < 1.29 is 14.3 Å². The van der Waals surface area contributed by atoms with Crippen LogP contribution in [0.15, 0.2) is 83.3 Å². The Bertz CT molecular complexity index is 1060. The summed E-state index contributed by atoms with van der Waals surface area (Å²) in [6.45, 7) is -0.125. The molecule has 3 aromatic carbocycles. The summed E-state index contributed by atoms with van der Waals surface area (Å²) in [6.07, 6.45) is 0. The van der Waals surface area contributed by atoms with Crippen LogP contribution in [0.2, 0.25) is 0 Å². The Hall–Kier alpha value is -3.37. The van der Waals surface area contributed by atoms with Crippen LogP contribution in [0.3, 0.4) is 0 Å². The molecular formula is C22H17NO3. The van der Waals surface area contributed by atoms with Crippen LogP contribution in [0, 0.1) is 0 Å². The van der Waals surface area contributed by atoms with Gasteiger partial charge < -0.3 is 14.8 Å². The molecule has 0 aliphatic heterocycles. The van der Waals surface area contributed by atoms with Crippen LogP contribution in [-0.4, -0.2) is 11.0 Å². The maximum atomic E-state index is 12.5.